The zero-order valence-electron chi connectivity index (χ0n) is 10.5. The van der Waals surface area contributed by atoms with Crippen molar-refractivity contribution in [3.8, 4) is 5.75 Å². The van der Waals surface area contributed by atoms with E-state index in [2.05, 4.69) is 4.99 Å². The third-order valence-electron chi connectivity index (χ3n) is 2.62. The highest BCUT2D eigenvalue weighted by molar-refractivity contribution is 5.98. The molecule has 96 valence electrons. The number of ether oxygens (including phenoxy) is 1. The second-order valence-corrected chi connectivity index (χ2v) is 3.92. The predicted octanol–water partition coefficient (Wildman–Crippen LogP) is 2.54. The van der Waals surface area contributed by atoms with Crippen molar-refractivity contribution in [3.05, 3.63) is 59.7 Å². The van der Waals surface area contributed by atoms with Gasteiger partial charge in [0.1, 0.15) is 5.75 Å². The highest BCUT2D eigenvalue weighted by atomic mass is 16.5. The number of hydrogen-bond acceptors (Lipinski definition) is 3. The van der Waals surface area contributed by atoms with E-state index >= 15 is 0 Å². The van der Waals surface area contributed by atoms with Gasteiger partial charge >= 0.3 is 0 Å². The Labute approximate surface area is 111 Å². The molecule has 1 amide bonds. The maximum absolute atomic E-state index is 11.3. The van der Waals surface area contributed by atoms with Crippen LogP contribution in [0.1, 0.15) is 15.9 Å². The number of nitrogens with two attached hydrogens (primary N) is 1. The number of primary amides is 1. The summed E-state index contributed by atoms with van der Waals surface area (Å²) >= 11 is 0. The first-order valence-electron chi connectivity index (χ1n) is 5.77. The zero-order chi connectivity index (χ0) is 13.7. The number of nitrogens with zero attached hydrogens (tertiary/aromatic N) is 1. The van der Waals surface area contributed by atoms with Gasteiger partial charge in [0.2, 0.25) is 0 Å². The Balaban J connectivity index is 2.30. The van der Waals surface area contributed by atoms with E-state index in [0.717, 1.165) is 11.3 Å². The molecule has 0 fully saturated rings. The molecule has 0 aliphatic heterocycles. The molecule has 4 nitrogen and oxygen atoms in total. The van der Waals surface area contributed by atoms with Crippen LogP contribution in [0.4, 0.5) is 5.69 Å². The molecule has 19 heavy (non-hydrogen) atoms. The Bertz CT molecular complexity index is 621. The summed E-state index contributed by atoms with van der Waals surface area (Å²) in [6.07, 6.45) is 1.67. The van der Waals surface area contributed by atoms with Crippen LogP contribution in [-0.2, 0) is 0 Å². The first-order valence-corrected chi connectivity index (χ1v) is 5.77. The molecule has 0 radical (unpaired) electrons. The molecule has 4 heteroatoms. The van der Waals surface area contributed by atoms with Crippen LogP contribution in [0.3, 0.4) is 0 Å². The van der Waals surface area contributed by atoms with Crippen LogP contribution >= 0.6 is 0 Å². The van der Waals surface area contributed by atoms with Crippen LogP contribution in [0.2, 0.25) is 0 Å². The van der Waals surface area contributed by atoms with E-state index in [1.165, 1.54) is 0 Å². The number of hydrogen-bond donors (Lipinski definition) is 1. The minimum Gasteiger partial charge on any atom is -0.497 e. The molecule has 2 aromatic carbocycles. The van der Waals surface area contributed by atoms with E-state index < -0.39 is 5.91 Å². The predicted molar refractivity (Wildman–Crippen MR) is 75.2 cm³/mol. The standard InChI is InChI=1S/C15H14N2O2/c1-19-12-6-4-5-11(9-12)10-17-14-8-3-2-7-13(14)15(16)18/h2-10H,1H3,(H2,16,18). The van der Waals surface area contributed by atoms with Gasteiger partial charge in [0.05, 0.1) is 18.4 Å². The van der Waals surface area contributed by atoms with Crippen LogP contribution in [0.15, 0.2) is 53.5 Å². The smallest absolute Gasteiger partial charge is 0.250 e. The average molecular weight is 254 g/mol. The second-order valence-electron chi connectivity index (χ2n) is 3.92. The summed E-state index contributed by atoms with van der Waals surface area (Å²) in [4.78, 5) is 15.6. The van der Waals surface area contributed by atoms with E-state index in [1.54, 1.807) is 31.5 Å². The number of amides is 1. The van der Waals surface area contributed by atoms with Gasteiger partial charge in [-0.3, -0.25) is 9.79 Å². The molecule has 0 unspecified atom stereocenters. The van der Waals surface area contributed by atoms with Crippen LogP contribution in [0, 0.1) is 0 Å². The number of carbonyl (C=O) groups is 1. The number of benzene rings is 2. The van der Waals surface area contributed by atoms with Crippen molar-refractivity contribution in [2.75, 3.05) is 7.11 Å². The molecule has 2 rings (SSSR count). The second kappa shape index (κ2) is 5.82. The van der Waals surface area contributed by atoms with Crippen molar-refractivity contribution in [1.82, 2.24) is 0 Å². The first kappa shape index (κ1) is 12.8. The van der Waals surface area contributed by atoms with Crippen LogP contribution in [-0.4, -0.2) is 19.2 Å². The molecule has 0 aliphatic carbocycles. The van der Waals surface area contributed by atoms with E-state index in [9.17, 15) is 4.79 Å². The fraction of sp³-hybridized carbons (Fsp3) is 0.0667. The fourth-order valence-corrected chi connectivity index (χ4v) is 1.66. The molecular weight excluding hydrogens is 240 g/mol. The lowest BCUT2D eigenvalue weighted by atomic mass is 10.1. The maximum atomic E-state index is 11.3. The van der Waals surface area contributed by atoms with E-state index in [4.69, 9.17) is 10.5 Å². The molecule has 0 atom stereocenters. The summed E-state index contributed by atoms with van der Waals surface area (Å²) < 4.78 is 5.13. The number of carbonyl (C=O) groups excluding carboxylic acids is 1. The van der Waals surface area contributed by atoms with Gasteiger partial charge in [0.15, 0.2) is 0 Å². The largest absolute Gasteiger partial charge is 0.497 e. The van der Waals surface area contributed by atoms with E-state index in [0.29, 0.717) is 11.3 Å². The summed E-state index contributed by atoms with van der Waals surface area (Å²) in [6, 6.07) is 14.5. The highest BCUT2D eigenvalue weighted by Gasteiger charge is 2.04. The lowest BCUT2D eigenvalue weighted by Gasteiger charge is -2.02. The number of aliphatic imine (C=N–C) groups is 1. The van der Waals surface area contributed by atoms with Gasteiger partial charge in [-0.15, -0.1) is 0 Å². The average Bonchev–Trinajstić information content (AvgIpc) is 2.45. The quantitative estimate of drug-likeness (QED) is 0.852. The van der Waals surface area contributed by atoms with Gasteiger partial charge in [-0.05, 0) is 29.8 Å². The third-order valence-corrected chi connectivity index (χ3v) is 2.62. The Hall–Kier alpha value is -2.62. The molecule has 2 aromatic rings. The van der Waals surface area contributed by atoms with Gasteiger partial charge in [-0.2, -0.15) is 0 Å². The van der Waals surface area contributed by atoms with Gasteiger partial charge in [0.25, 0.3) is 5.91 Å². The van der Waals surface area contributed by atoms with Gasteiger partial charge in [-0.1, -0.05) is 24.3 Å². The van der Waals surface area contributed by atoms with Crippen LogP contribution < -0.4 is 10.5 Å². The van der Waals surface area contributed by atoms with Gasteiger partial charge in [-0.25, -0.2) is 0 Å². The lowest BCUT2D eigenvalue weighted by Crippen LogP contribution is -2.10. The highest BCUT2D eigenvalue weighted by Crippen LogP contribution is 2.18. The van der Waals surface area contributed by atoms with Gasteiger partial charge in [0, 0.05) is 6.21 Å². The van der Waals surface area contributed by atoms with E-state index in [-0.39, 0.29) is 0 Å². The van der Waals surface area contributed by atoms with E-state index in [1.807, 2.05) is 30.3 Å². The Morgan fingerprint density at radius 1 is 1.21 bits per heavy atom. The lowest BCUT2D eigenvalue weighted by molar-refractivity contribution is 0.100. The summed E-state index contributed by atoms with van der Waals surface area (Å²) in [6.45, 7) is 0. The minimum absolute atomic E-state index is 0.404. The molecule has 0 bridgehead atoms. The summed E-state index contributed by atoms with van der Waals surface area (Å²) in [5.74, 6) is 0.269. The monoisotopic (exact) mass is 254 g/mol. The molecular formula is C15H14N2O2. The topological polar surface area (TPSA) is 64.7 Å². The zero-order valence-corrected chi connectivity index (χ0v) is 10.5. The van der Waals surface area contributed by atoms with Crippen molar-refractivity contribution < 1.29 is 9.53 Å². The SMILES string of the molecule is COc1cccc(C=Nc2ccccc2C(N)=O)c1. The number of methoxy groups -OCH3 is 1. The Morgan fingerprint density at radius 2 is 2.00 bits per heavy atom. The maximum Gasteiger partial charge on any atom is 0.250 e. The molecule has 0 spiro atoms. The minimum atomic E-state index is -0.488. The fourth-order valence-electron chi connectivity index (χ4n) is 1.66. The van der Waals surface area contributed by atoms with Crippen molar-refractivity contribution in [2.45, 2.75) is 0 Å². The van der Waals surface area contributed by atoms with Gasteiger partial charge < -0.3 is 10.5 Å². The number of para-hydroxylation sites is 1. The third kappa shape index (κ3) is 3.19. The molecule has 0 aromatic heterocycles. The Kier molecular flexibility index (Phi) is 3.93. The normalized spacial score (nSPS) is 10.6. The van der Waals surface area contributed by atoms with Crippen molar-refractivity contribution >= 4 is 17.8 Å². The van der Waals surface area contributed by atoms with Crippen LogP contribution in [0.5, 0.6) is 5.75 Å². The molecule has 2 N–H and O–H groups in total. The molecule has 0 saturated carbocycles. The van der Waals surface area contributed by atoms with Crippen molar-refractivity contribution in [3.63, 3.8) is 0 Å². The summed E-state index contributed by atoms with van der Waals surface area (Å²) in [5, 5.41) is 0. The van der Waals surface area contributed by atoms with Crippen molar-refractivity contribution in [2.24, 2.45) is 10.7 Å². The summed E-state index contributed by atoms with van der Waals surface area (Å²) in [7, 11) is 1.61. The van der Waals surface area contributed by atoms with Crippen molar-refractivity contribution in [1.29, 1.82) is 0 Å². The summed E-state index contributed by atoms with van der Waals surface area (Å²) in [5.41, 5.74) is 7.14. The van der Waals surface area contributed by atoms with Crippen LogP contribution in [0.25, 0.3) is 0 Å². The molecule has 0 saturated heterocycles. The molecule has 0 aliphatic rings. The Morgan fingerprint density at radius 3 is 2.74 bits per heavy atom. The molecule has 0 heterocycles. The first-order chi connectivity index (χ1) is 9.20. The number of rotatable bonds is 4.